The van der Waals surface area contributed by atoms with Crippen LogP contribution < -0.4 is 10.7 Å². The standard InChI is InChI=1S/C20H29N3O6/c1-8-27-20(13-11-9-10-12-14(13)21-15(20)24)23(17(26)29-19(5,6)7)22-16(25)28-18(2,3)4/h9-12H,8H2,1-7H3,(H,21,24)(H,22,25). The summed E-state index contributed by atoms with van der Waals surface area (Å²) < 4.78 is 16.5. The lowest BCUT2D eigenvalue weighted by atomic mass is 10.0. The number of anilines is 1. The van der Waals surface area contributed by atoms with E-state index >= 15 is 0 Å². The van der Waals surface area contributed by atoms with Crippen molar-refractivity contribution >= 4 is 23.8 Å². The lowest BCUT2D eigenvalue weighted by Crippen LogP contribution is -2.63. The maximum Gasteiger partial charge on any atom is 0.432 e. The molecule has 2 N–H and O–H groups in total. The molecule has 0 fully saturated rings. The van der Waals surface area contributed by atoms with Gasteiger partial charge in [-0.3, -0.25) is 4.79 Å². The van der Waals surface area contributed by atoms with E-state index in [-0.39, 0.29) is 6.61 Å². The molecule has 1 atom stereocenters. The van der Waals surface area contributed by atoms with Crippen molar-refractivity contribution in [2.24, 2.45) is 0 Å². The van der Waals surface area contributed by atoms with Gasteiger partial charge in [-0.1, -0.05) is 18.2 Å². The molecule has 1 aromatic rings. The third kappa shape index (κ3) is 4.97. The average Bonchev–Trinajstić information content (AvgIpc) is 2.82. The average molecular weight is 407 g/mol. The fraction of sp³-hybridized carbons (Fsp3) is 0.550. The van der Waals surface area contributed by atoms with Crippen molar-refractivity contribution in [1.82, 2.24) is 10.4 Å². The maximum absolute atomic E-state index is 13.1. The number of hydrazine groups is 1. The summed E-state index contributed by atoms with van der Waals surface area (Å²) in [4.78, 5) is 38.6. The number of hydrogen-bond acceptors (Lipinski definition) is 6. The summed E-state index contributed by atoms with van der Waals surface area (Å²) in [6.07, 6.45) is -1.90. The van der Waals surface area contributed by atoms with Gasteiger partial charge >= 0.3 is 12.2 Å². The zero-order valence-corrected chi connectivity index (χ0v) is 17.9. The van der Waals surface area contributed by atoms with Crippen LogP contribution in [-0.2, 0) is 24.7 Å². The van der Waals surface area contributed by atoms with Crippen molar-refractivity contribution in [1.29, 1.82) is 0 Å². The molecule has 1 heterocycles. The zero-order valence-electron chi connectivity index (χ0n) is 17.9. The van der Waals surface area contributed by atoms with Crippen LogP contribution in [0.1, 0.15) is 54.0 Å². The molecule has 0 spiro atoms. The highest BCUT2D eigenvalue weighted by Gasteiger charge is 2.57. The number of carbonyl (C=O) groups excluding carboxylic acids is 3. The minimum atomic E-state index is -1.95. The number of benzene rings is 1. The van der Waals surface area contributed by atoms with Gasteiger partial charge < -0.3 is 19.5 Å². The number of carbonyl (C=O) groups is 3. The van der Waals surface area contributed by atoms with E-state index < -0.39 is 35.0 Å². The molecule has 0 saturated heterocycles. The molecule has 1 aliphatic rings. The Kier molecular flexibility index (Phi) is 6.13. The summed E-state index contributed by atoms with van der Waals surface area (Å²) in [7, 11) is 0. The van der Waals surface area contributed by atoms with Gasteiger partial charge in [-0.05, 0) is 54.5 Å². The predicted octanol–water partition coefficient (Wildman–Crippen LogP) is 3.50. The summed E-state index contributed by atoms with van der Waals surface area (Å²) >= 11 is 0. The second-order valence-corrected chi connectivity index (χ2v) is 8.51. The van der Waals surface area contributed by atoms with Crippen molar-refractivity contribution in [3.05, 3.63) is 29.8 Å². The first kappa shape index (κ1) is 22.5. The second-order valence-electron chi connectivity index (χ2n) is 8.51. The first-order chi connectivity index (χ1) is 13.3. The van der Waals surface area contributed by atoms with Crippen molar-refractivity contribution in [2.45, 2.75) is 65.4 Å². The van der Waals surface area contributed by atoms with Gasteiger partial charge in [0.15, 0.2) is 0 Å². The monoisotopic (exact) mass is 407 g/mol. The Morgan fingerprint density at radius 1 is 1.07 bits per heavy atom. The van der Waals surface area contributed by atoms with E-state index in [2.05, 4.69) is 10.7 Å². The van der Waals surface area contributed by atoms with E-state index in [9.17, 15) is 14.4 Å². The Hall–Kier alpha value is -2.81. The van der Waals surface area contributed by atoms with Gasteiger partial charge in [0, 0.05) is 17.9 Å². The Morgan fingerprint density at radius 3 is 2.21 bits per heavy atom. The largest absolute Gasteiger partial charge is 0.443 e. The van der Waals surface area contributed by atoms with Crippen LogP contribution in [0.3, 0.4) is 0 Å². The van der Waals surface area contributed by atoms with E-state index in [1.807, 2.05) is 0 Å². The van der Waals surface area contributed by atoms with Gasteiger partial charge in [-0.2, -0.15) is 5.01 Å². The van der Waals surface area contributed by atoms with Crippen LogP contribution in [0.15, 0.2) is 24.3 Å². The molecule has 2 rings (SSSR count). The number of nitrogens with one attached hydrogen (secondary N) is 2. The molecule has 9 heteroatoms. The molecule has 0 bridgehead atoms. The Labute approximate surface area is 170 Å². The van der Waals surface area contributed by atoms with Crippen LogP contribution in [0.5, 0.6) is 0 Å². The van der Waals surface area contributed by atoms with E-state index in [0.29, 0.717) is 11.3 Å². The van der Waals surface area contributed by atoms with Gasteiger partial charge in [0.1, 0.15) is 11.2 Å². The van der Waals surface area contributed by atoms with Crippen LogP contribution in [0.2, 0.25) is 0 Å². The molecular weight excluding hydrogens is 378 g/mol. The topological polar surface area (TPSA) is 106 Å². The summed E-state index contributed by atoms with van der Waals surface area (Å²) in [5, 5.41) is 3.43. The third-order valence-corrected chi connectivity index (χ3v) is 3.69. The molecule has 3 amide bonds. The number of fused-ring (bicyclic) bond motifs is 1. The molecule has 9 nitrogen and oxygen atoms in total. The smallest absolute Gasteiger partial charge is 0.432 e. The van der Waals surface area contributed by atoms with E-state index in [1.165, 1.54) is 0 Å². The molecule has 1 aromatic carbocycles. The summed E-state index contributed by atoms with van der Waals surface area (Å²) in [6.45, 7) is 11.8. The second kappa shape index (κ2) is 7.90. The number of ether oxygens (including phenoxy) is 3. The van der Waals surface area contributed by atoms with Crippen LogP contribution in [0.25, 0.3) is 0 Å². The molecule has 160 valence electrons. The SMILES string of the molecule is CCOC1(N(NC(=O)OC(C)(C)C)C(=O)OC(C)(C)C)C(=O)Nc2ccccc21. The normalized spacial score (nSPS) is 18.5. The molecule has 0 saturated carbocycles. The quantitative estimate of drug-likeness (QED) is 0.587. The van der Waals surface area contributed by atoms with Gasteiger partial charge in [-0.15, -0.1) is 0 Å². The van der Waals surface area contributed by atoms with Crippen molar-refractivity contribution < 1.29 is 28.6 Å². The summed E-state index contributed by atoms with van der Waals surface area (Å²) in [5.74, 6) is -0.637. The Balaban J connectivity index is 2.55. The zero-order chi connectivity index (χ0) is 22.0. The highest BCUT2D eigenvalue weighted by molar-refractivity contribution is 6.06. The number of nitrogens with zero attached hydrogens (tertiary/aromatic N) is 1. The molecule has 0 aliphatic carbocycles. The van der Waals surface area contributed by atoms with Gasteiger partial charge in [0.25, 0.3) is 11.6 Å². The van der Waals surface area contributed by atoms with E-state index in [1.54, 1.807) is 72.7 Å². The lowest BCUT2D eigenvalue weighted by Gasteiger charge is -2.39. The molecule has 1 aliphatic heterocycles. The lowest BCUT2D eigenvalue weighted by molar-refractivity contribution is -0.180. The molecule has 1 unspecified atom stereocenters. The number of amides is 3. The van der Waals surface area contributed by atoms with Crippen LogP contribution in [0.4, 0.5) is 15.3 Å². The molecule has 0 aromatic heterocycles. The van der Waals surface area contributed by atoms with Crippen molar-refractivity contribution in [3.8, 4) is 0 Å². The minimum Gasteiger partial charge on any atom is -0.443 e. The highest BCUT2D eigenvalue weighted by Crippen LogP contribution is 2.41. The first-order valence-corrected chi connectivity index (χ1v) is 9.38. The van der Waals surface area contributed by atoms with Crippen LogP contribution >= 0.6 is 0 Å². The van der Waals surface area contributed by atoms with Crippen LogP contribution in [-0.4, -0.2) is 40.9 Å². The minimum absolute atomic E-state index is 0.0804. The van der Waals surface area contributed by atoms with Crippen LogP contribution in [0, 0.1) is 0 Å². The number of hydrogen-bond donors (Lipinski definition) is 2. The Bertz CT molecular complexity index is 796. The third-order valence-electron chi connectivity index (χ3n) is 3.69. The first-order valence-electron chi connectivity index (χ1n) is 9.38. The number of para-hydroxylation sites is 1. The highest BCUT2D eigenvalue weighted by atomic mass is 16.6. The fourth-order valence-corrected chi connectivity index (χ4v) is 2.81. The fourth-order valence-electron chi connectivity index (χ4n) is 2.81. The van der Waals surface area contributed by atoms with Gasteiger partial charge in [0.05, 0.1) is 0 Å². The summed E-state index contributed by atoms with van der Waals surface area (Å²) in [6, 6.07) is 6.75. The molecule has 0 radical (unpaired) electrons. The maximum atomic E-state index is 13.1. The Morgan fingerprint density at radius 2 is 1.66 bits per heavy atom. The van der Waals surface area contributed by atoms with Crippen molar-refractivity contribution in [3.63, 3.8) is 0 Å². The molecular formula is C20H29N3O6. The van der Waals surface area contributed by atoms with E-state index in [4.69, 9.17) is 14.2 Å². The molecule has 29 heavy (non-hydrogen) atoms. The number of rotatable bonds is 3. The van der Waals surface area contributed by atoms with Gasteiger partial charge in [-0.25, -0.2) is 15.0 Å². The summed E-state index contributed by atoms with van der Waals surface area (Å²) in [5.41, 5.74) is -0.478. The van der Waals surface area contributed by atoms with E-state index in [0.717, 1.165) is 5.01 Å². The van der Waals surface area contributed by atoms with Gasteiger partial charge in [0.2, 0.25) is 0 Å². The predicted molar refractivity (Wildman–Crippen MR) is 106 cm³/mol. The van der Waals surface area contributed by atoms with Crippen molar-refractivity contribution in [2.75, 3.05) is 11.9 Å².